The smallest absolute Gasteiger partial charge is 0.338 e. The molecule has 8 nitrogen and oxygen atoms in total. The van der Waals surface area contributed by atoms with E-state index in [0.717, 1.165) is 5.56 Å². The van der Waals surface area contributed by atoms with Crippen molar-refractivity contribution in [2.45, 2.75) is 19.3 Å². The predicted octanol–water partition coefficient (Wildman–Crippen LogP) is 1.47. The fourth-order valence-corrected chi connectivity index (χ4v) is 2.22. The lowest BCUT2D eigenvalue weighted by molar-refractivity contribution is 0.0472. The molecule has 1 unspecified atom stereocenters. The van der Waals surface area contributed by atoms with Crippen molar-refractivity contribution in [3.8, 4) is 5.75 Å². The number of aliphatic hydroxyl groups is 1. The number of ether oxygens (including phenoxy) is 2. The van der Waals surface area contributed by atoms with Crippen LogP contribution in [0.25, 0.3) is 0 Å². The number of carbonyl (C=O) groups is 1. The van der Waals surface area contributed by atoms with E-state index < -0.39 is 12.1 Å². The van der Waals surface area contributed by atoms with Crippen molar-refractivity contribution in [1.29, 1.82) is 0 Å². The van der Waals surface area contributed by atoms with Crippen LogP contribution in [-0.2, 0) is 17.9 Å². The Balaban J connectivity index is 1.46. The van der Waals surface area contributed by atoms with Gasteiger partial charge in [-0.05, 0) is 40.3 Å². The first-order valence-corrected chi connectivity index (χ1v) is 8.03. The van der Waals surface area contributed by atoms with Gasteiger partial charge in [0.1, 0.15) is 31.4 Å². The minimum atomic E-state index is -0.756. The van der Waals surface area contributed by atoms with Gasteiger partial charge in [-0.25, -0.2) is 9.48 Å². The van der Waals surface area contributed by atoms with Crippen LogP contribution in [0.2, 0.25) is 0 Å². The number of tetrazole rings is 1. The van der Waals surface area contributed by atoms with E-state index in [1.165, 1.54) is 11.0 Å². The zero-order chi connectivity index (χ0) is 18.2. The van der Waals surface area contributed by atoms with Gasteiger partial charge in [-0.2, -0.15) is 0 Å². The summed E-state index contributed by atoms with van der Waals surface area (Å²) in [6, 6.07) is 16.0. The number of hydrogen-bond acceptors (Lipinski definition) is 7. The summed E-state index contributed by atoms with van der Waals surface area (Å²) in [5.74, 6) is 0.138. The van der Waals surface area contributed by atoms with Gasteiger partial charge in [0.15, 0.2) is 0 Å². The number of rotatable bonds is 8. The monoisotopic (exact) mass is 354 g/mol. The van der Waals surface area contributed by atoms with Crippen molar-refractivity contribution in [2.75, 3.05) is 6.61 Å². The highest BCUT2D eigenvalue weighted by Crippen LogP contribution is 2.14. The minimum absolute atomic E-state index is 0.0810. The fourth-order valence-electron chi connectivity index (χ4n) is 2.22. The summed E-state index contributed by atoms with van der Waals surface area (Å²) in [6.45, 7) is 0.538. The molecule has 3 rings (SSSR count). The Labute approximate surface area is 150 Å². The molecule has 0 bridgehead atoms. The van der Waals surface area contributed by atoms with Crippen LogP contribution in [0.3, 0.4) is 0 Å². The number of benzene rings is 2. The minimum Gasteiger partial charge on any atom is -0.491 e. The van der Waals surface area contributed by atoms with Crippen molar-refractivity contribution >= 4 is 5.97 Å². The maximum atomic E-state index is 12.0. The largest absolute Gasteiger partial charge is 0.491 e. The van der Waals surface area contributed by atoms with Crippen LogP contribution in [0.5, 0.6) is 5.75 Å². The molecule has 1 aromatic heterocycles. The molecule has 26 heavy (non-hydrogen) atoms. The molecule has 8 heteroatoms. The van der Waals surface area contributed by atoms with E-state index in [2.05, 4.69) is 15.5 Å². The number of carbonyl (C=O) groups excluding carboxylic acids is 1. The van der Waals surface area contributed by atoms with Crippen molar-refractivity contribution in [3.63, 3.8) is 0 Å². The lowest BCUT2D eigenvalue weighted by atomic mass is 10.2. The van der Waals surface area contributed by atoms with E-state index in [1.54, 1.807) is 24.3 Å². The molecule has 1 heterocycles. The average molecular weight is 354 g/mol. The molecule has 1 atom stereocenters. The third-order valence-corrected chi connectivity index (χ3v) is 3.53. The third-order valence-electron chi connectivity index (χ3n) is 3.53. The molecule has 0 aliphatic heterocycles. The van der Waals surface area contributed by atoms with Gasteiger partial charge >= 0.3 is 5.97 Å². The molecule has 0 saturated carbocycles. The molecule has 3 aromatic rings. The second kappa shape index (κ2) is 8.72. The quantitative estimate of drug-likeness (QED) is 0.612. The molecule has 2 aromatic carbocycles. The number of aliphatic hydroxyl groups excluding tert-OH is 1. The average Bonchev–Trinajstić information content (AvgIpc) is 3.18. The number of esters is 1. The summed E-state index contributed by atoms with van der Waals surface area (Å²) >= 11 is 0. The molecule has 0 aliphatic carbocycles. The molecule has 0 fully saturated rings. The fraction of sp³-hybridized carbons (Fsp3) is 0.222. The second-order valence-electron chi connectivity index (χ2n) is 5.58. The second-order valence-corrected chi connectivity index (χ2v) is 5.58. The van der Waals surface area contributed by atoms with Crippen LogP contribution in [0.15, 0.2) is 60.9 Å². The molecule has 0 saturated heterocycles. The van der Waals surface area contributed by atoms with Gasteiger partial charge in [-0.3, -0.25) is 0 Å². The normalized spacial score (nSPS) is 11.7. The zero-order valence-corrected chi connectivity index (χ0v) is 13.9. The SMILES string of the molecule is O=C(OCc1ccccc1)c1ccc(OCC(O)Cn2cnnn2)cc1. The highest BCUT2D eigenvalue weighted by Gasteiger charge is 2.10. The van der Waals surface area contributed by atoms with Crippen molar-refractivity contribution < 1.29 is 19.4 Å². The van der Waals surface area contributed by atoms with Gasteiger partial charge < -0.3 is 14.6 Å². The summed E-state index contributed by atoms with van der Waals surface area (Å²) in [6.07, 6.45) is 0.660. The van der Waals surface area contributed by atoms with Gasteiger partial charge in [0.25, 0.3) is 0 Å². The van der Waals surface area contributed by atoms with Gasteiger partial charge in [0.2, 0.25) is 0 Å². The highest BCUT2D eigenvalue weighted by atomic mass is 16.5. The Morgan fingerprint density at radius 3 is 2.58 bits per heavy atom. The van der Waals surface area contributed by atoms with Crippen LogP contribution in [0, 0.1) is 0 Å². The first-order chi connectivity index (χ1) is 12.7. The maximum Gasteiger partial charge on any atom is 0.338 e. The molecule has 0 radical (unpaired) electrons. The topological polar surface area (TPSA) is 99.4 Å². The van der Waals surface area contributed by atoms with Crippen molar-refractivity contribution in [1.82, 2.24) is 20.2 Å². The van der Waals surface area contributed by atoms with E-state index in [-0.39, 0.29) is 19.8 Å². The van der Waals surface area contributed by atoms with E-state index in [1.807, 2.05) is 30.3 Å². The van der Waals surface area contributed by atoms with Gasteiger partial charge in [-0.15, -0.1) is 5.10 Å². The summed E-state index contributed by atoms with van der Waals surface area (Å²) in [5, 5.41) is 20.5. The lowest BCUT2D eigenvalue weighted by Gasteiger charge is -2.12. The zero-order valence-electron chi connectivity index (χ0n) is 13.9. The molecule has 0 spiro atoms. The van der Waals surface area contributed by atoms with Crippen LogP contribution in [-0.4, -0.2) is 44.0 Å². The summed E-state index contributed by atoms with van der Waals surface area (Å²) < 4.78 is 12.2. The first kappa shape index (κ1) is 17.6. The van der Waals surface area contributed by atoms with E-state index >= 15 is 0 Å². The lowest BCUT2D eigenvalue weighted by Crippen LogP contribution is -2.24. The Bertz CT molecular complexity index is 807. The Morgan fingerprint density at radius 2 is 1.88 bits per heavy atom. The molecule has 0 amide bonds. The Kier molecular flexibility index (Phi) is 5.89. The van der Waals surface area contributed by atoms with E-state index in [0.29, 0.717) is 11.3 Å². The summed E-state index contributed by atoms with van der Waals surface area (Å²) in [7, 11) is 0. The van der Waals surface area contributed by atoms with Gasteiger partial charge in [-0.1, -0.05) is 30.3 Å². The number of hydrogen-bond donors (Lipinski definition) is 1. The molecular formula is C18H18N4O4. The first-order valence-electron chi connectivity index (χ1n) is 8.03. The van der Waals surface area contributed by atoms with Gasteiger partial charge in [0, 0.05) is 0 Å². The molecule has 0 aliphatic rings. The highest BCUT2D eigenvalue weighted by molar-refractivity contribution is 5.89. The Hall–Kier alpha value is -3.26. The van der Waals surface area contributed by atoms with Crippen LogP contribution >= 0.6 is 0 Å². The van der Waals surface area contributed by atoms with Crippen molar-refractivity contribution in [3.05, 3.63) is 72.1 Å². The summed E-state index contributed by atoms with van der Waals surface area (Å²) in [5.41, 5.74) is 1.36. The van der Waals surface area contributed by atoms with E-state index in [4.69, 9.17) is 9.47 Å². The van der Waals surface area contributed by atoms with Crippen molar-refractivity contribution in [2.24, 2.45) is 0 Å². The van der Waals surface area contributed by atoms with Crippen LogP contribution < -0.4 is 4.74 Å². The molecular weight excluding hydrogens is 336 g/mol. The maximum absolute atomic E-state index is 12.0. The predicted molar refractivity (Wildman–Crippen MR) is 91.3 cm³/mol. The van der Waals surface area contributed by atoms with Crippen LogP contribution in [0.4, 0.5) is 0 Å². The van der Waals surface area contributed by atoms with E-state index in [9.17, 15) is 9.90 Å². The standard InChI is InChI=1S/C18H18N4O4/c23-16(10-22-13-19-20-21-22)12-25-17-8-6-15(7-9-17)18(24)26-11-14-4-2-1-3-5-14/h1-9,13,16,23H,10-12H2. The summed E-state index contributed by atoms with van der Waals surface area (Å²) in [4.78, 5) is 12.0. The number of nitrogens with zero attached hydrogens (tertiary/aromatic N) is 4. The Morgan fingerprint density at radius 1 is 1.12 bits per heavy atom. The van der Waals surface area contributed by atoms with Gasteiger partial charge in [0.05, 0.1) is 12.1 Å². The molecule has 1 N–H and O–H groups in total. The third kappa shape index (κ3) is 5.12. The molecule has 134 valence electrons. The van der Waals surface area contributed by atoms with Crippen LogP contribution in [0.1, 0.15) is 15.9 Å². The number of aromatic nitrogens is 4.